The number of methoxy groups -OCH3 is 1. The van der Waals surface area contributed by atoms with Crippen LogP contribution >= 0.6 is 0 Å². The zero-order valence-electron chi connectivity index (χ0n) is 30.4. The molecule has 4 aromatic rings. The van der Waals surface area contributed by atoms with Crippen molar-refractivity contribution in [2.24, 2.45) is 7.05 Å². The smallest absolute Gasteiger partial charge is 0.273 e. The summed E-state index contributed by atoms with van der Waals surface area (Å²) < 4.78 is 7.25. The maximum absolute atomic E-state index is 13.1. The summed E-state index contributed by atoms with van der Waals surface area (Å²) in [5.41, 5.74) is 2.53. The molecule has 1 fully saturated rings. The number of ether oxygens (including phenoxy) is 1. The highest BCUT2D eigenvalue weighted by molar-refractivity contribution is 6.23. The Hall–Kier alpha value is -6.76. The van der Waals surface area contributed by atoms with Crippen molar-refractivity contribution >= 4 is 58.3 Å². The van der Waals surface area contributed by atoms with Gasteiger partial charge in [0.2, 0.25) is 17.7 Å². The second-order valence-corrected chi connectivity index (χ2v) is 12.7. The first-order chi connectivity index (χ1) is 26.6. The first kappa shape index (κ1) is 38.0. The number of nitrogens with zero attached hydrogens (tertiary/aromatic N) is 6. The van der Waals surface area contributed by atoms with E-state index in [4.69, 9.17) is 4.74 Å². The molecule has 55 heavy (non-hydrogen) atoms. The fraction of sp³-hybridized carbons (Fsp3) is 0.333. The van der Waals surface area contributed by atoms with Crippen LogP contribution in [-0.4, -0.2) is 105 Å². The van der Waals surface area contributed by atoms with E-state index >= 15 is 0 Å². The Balaban J connectivity index is 0.952. The van der Waals surface area contributed by atoms with Crippen molar-refractivity contribution in [1.82, 2.24) is 45.8 Å². The molecule has 0 bridgehead atoms. The number of aryl methyl sites for hydroxylation is 1. The molecule has 0 radical (unpaired) electrons. The van der Waals surface area contributed by atoms with Crippen LogP contribution < -0.4 is 36.6 Å². The van der Waals surface area contributed by atoms with Gasteiger partial charge in [-0.3, -0.25) is 43.7 Å². The van der Waals surface area contributed by atoms with Crippen molar-refractivity contribution in [3.8, 4) is 17.1 Å². The van der Waals surface area contributed by atoms with E-state index < -0.39 is 35.6 Å². The topological polar surface area (TPSA) is 244 Å². The van der Waals surface area contributed by atoms with Crippen LogP contribution in [0.1, 0.15) is 63.3 Å². The summed E-state index contributed by atoms with van der Waals surface area (Å²) in [5, 5.41) is 29.4. The number of amides is 6. The molecule has 6 N–H and O–H groups in total. The number of piperidine rings is 1. The van der Waals surface area contributed by atoms with E-state index in [-0.39, 0.29) is 53.6 Å². The van der Waals surface area contributed by atoms with Gasteiger partial charge in [-0.25, -0.2) is 4.98 Å². The molecule has 6 amide bonds. The Morgan fingerprint density at radius 1 is 0.945 bits per heavy atom. The zero-order valence-corrected chi connectivity index (χ0v) is 30.4. The van der Waals surface area contributed by atoms with Crippen molar-refractivity contribution in [1.29, 1.82) is 0 Å². The van der Waals surface area contributed by atoms with Crippen LogP contribution in [0.4, 0.5) is 22.9 Å². The third kappa shape index (κ3) is 8.57. The van der Waals surface area contributed by atoms with Gasteiger partial charge in [-0.15, -0.1) is 10.2 Å². The number of nitrogens with one attached hydrogen (secondary N) is 6. The first-order valence-corrected chi connectivity index (χ1v) is 17.6. The van der Waals surface area contributed by atoms with E-state index in [9.17, 15) is 28.8 Å². The van der Waals surface area contributed by atoms with Crippen molar-refractivity contribution < 1.29 is 33.5 Å². The maximum Gasteiger partial charge on any atom is 0.273 e. The molecule has 1 saturated heterocycles. The van der Waals surface area contributed by atoms with Crippen LogP contribution in [0.5, 0.6) is 5.75 Å². The number of unbranched alkanes of at least 4 members (excludes halogenated alkanes) is 2. The number of carbonyl (C=O) groups is 6. The predicted octanol–water partition coefficient (Wildman–Crippen LogP) is 1.60. The molecule has 4 heterocycles. The SMILES string of the molecule is CNC(=O)c1nnc(NC(=O)CNCCCCCNc2ccc3c(c2)C(=O)N(C2CCC(=O)NC2=O)C3=O)cc1Nc1cccc(-c2ncn(C)n2)c1OC. The summed E-state index contributed by atoms with van der Waals surface area (Å²) in [4.78, 5) is 80.4. The molecule has 2 aliphatic rings. The number of benzene rings is 2. The number of carbonyl (C=O) groups excluding carboxylic acids is 6. The number of aromatic nitrogens is 5. The van der Waals surface area contributed by atoms with Gasteiger partial charge in [0.1, 0.15) is 12.4 Å². The lowest BCUT2D eigenvalue weighted by atomic mass is 10.0. The van der Waals surface area contributed by atoms with Crippen LogP contribution in [0, 0.1) is 0 Å². The van der Waals surface area contributed by atoms with Gasteiger partial charge in [0.15, 0.2) is 23.1 Å². The maximum atomic E-state index is 13.1. The van der Waals surface area contributed by atoms with Gasteiger partial charge in [0.25, 0.3) is 17.7 Å². The van der Waals surface area contributed by atoms with Crippen LogP contribution in [0.3, 0.4) is 0 Å². The molecule has 19 nitrogen and oxygen atoms in total. The minimum absolute atomic E-state index is 0.00715. The van der Waals surface area contributed by atoms with Gasteiger partial charge < -0.3 is 31.3 Å². The van der Waals surface area contributed by atoms with Crippen molar-refractivity contribution in [3.63, 3.8) is 0 Å². The number of hydrogen-bond donors (Lipinski definition) is 6. The average Bonchev–Trinajstić information content (AvgIpc) is 3.71. The molecule has 286 valence electrons. The highest BCUT2D eigenvalue weighted by Gasteiger charge is 2.44. The molecule has 0 spiro atoms. The lowest BCUT2D eigenvalue weighted by Gasteiger charge is -2.27. The summed E-state index contributed by atoms with van der Waals surface area (Å²) in [7, 11) is 4.75. The number of imide groups is 2. The zero-order chi connectivity index (χ0) is 39.1. The monoisotopic (exact) mass is 752 g/mol. The van der Waals surface area contributed by atoms with Crippen molar-refractivity contribution in [2.75, 3.05) is 49.7 Å². The Kier molecular flexibility index (Phi) is 11.7. The fourth-order valence-corrected chi connectivity index (χ4v) is 6.23. The third-order valence-corrected chi connectivity index (χ3v) is 8.92. The largest absolute Gasteiger partial charge is 0.494 e. The summed E-state index contributed by atoms with van der Waals surface area (Å²) in [6.07, 6.45) is 4.16. The standard InChI is InChI=1S/C36H40N12O7/c1-37-34(52)30-25(41-24-9-7-8-22(31(24)55-3)32-40-19-47(2)46-32)17-27(44-45-30)42-29(50)18-38-14-5-4-6-15-39-20-10-11-21-23(16-20)36(54)48(35(21)53)26-12-13-28(49)43-33(26)51/h7-11,16-17,19,26,38-39H,4-6,12-15,18H2,1-3H3,(H,37,52)(H,43,49,51)(H2,41,42,44,50). The second-order valence-electron chi connectivity index (χ2n) is 12.7. The van der Waals surface area contributed by atoms with Crippen LogP contribution in [-0.2, 0) is 21.4 Å². The molecule has 1 unspecified atom stereocenters. The normalized spacial score (nSPS) is 15.0. The Morgan fingerprint density at radius 2 is 1.75 bits per heavy atom. The number of rotatable bonds is 16. The third-order valence-electron chi connectivity index (χ3n) is 8.92. The number of anilines is 4. The Bertz CT molecular complexity index is 2150. The minimum atomic E-state index is -1.01. The van der Waals surface area contributed by atoms with E-state index in [0.29, 0.717) is 41.6 Å². The number of hydrogen-bond acceptors (Lipinski definition) is 14. The van der Waals surface area contributed by atoms with Gasteiger partial charge in [0, 0.05) is 38.8 Å². The summed E-state index contributed by atoms with van der Waals surface area (Å²) in [6.45, 7) is 1.20. The molecule has 6 rings (SSSR count). The molecule has 2 aliphatic heterocycles. The average molecular weight is 753 g/mol. The summed E-state index contributed by atoms with van der Waals surface area (Å²) >= 11 is 0. The molecular weight excluding hydrogens is 712 g/mol. The van der Waals surface area contributed by atoms with E-state index in [1.54, 1.807) is 48.4 Å². The van der Waals surface area contributed by atoms with E-state index in [1.807, 2.05) is 6.07 Å². The van der Waals surface area contributed by atoms with Crippen LogP contribution in [0.2, 0.25) is 0 Å². The quantitative estimate of drug-likeness (QED) is 0.0704. The second kappa shape index (κ2) is 16.9. The van der Waals surface area contributed by atoms with Gasteiger partial charge >= 0.3 is 0 Å². The summed E-state index contributed by atoms with van der Waals surface area (Å²) in [5.74, 6) is -1.98. The van der Waals surface area contributed by atoms with Crippen LogP contribution in [0.15, 0.2) is 48.8 Å². The first-order valence-electron chi connectivity index (χ1n) is 17.6. The Morgan fingerprint density at radius 3 is 2.49 bits per heavy atom. The van der Waals surface area contributed by atoms with Gasteiger partial charge in [-0.1, -0.05) is 12.5 Å². The molecule has 19 heteroatoms. The molecule has 0 aliphatic carbocycles. The molecule has 0 saturated carbocycles. The molecule has 1 atom stereocenters. The van der Waals surface area contributed by atoms with Gasteiger partial charge in [-0.05, 0) is 56.1 Å². The predicted molar refractivity (Wildman–Crippen MR) is 199 cm³/mol. The van der Waals surface area contributed by atoms with Crippen molar-refractivity contribution in [2.45, 2.75) is 38.1 Å². The van der Waals surface area contributed by atoms with Gasteiger partial charge in [0.05, 0.1) is 41.7 Å². The summed E-state index contributed by atoms with van der Waals surface area (Å²) in [6, 6.07) is 10.7. The molecular formula is C36H40N12O7. The van der Waals surface area contributed by atoms with E-state index in [0.717, 1.165) is 24.2 Å². The van der Waals surface area contributed by atoms with Crippen molar-refractivity contribution in [3.05, 3.63) is 65.6 Å². The van der Waals surface area contributed by atoms with Gasteiger partial charge in [-0.2, -0.15) is 5.10 Å². The number of fused-ring (bicyclic) bond motifs is 1. The molecule has 2 aromatic heterocycles. The lowest BCUT2D eigenvalue weighted by Crippen LogP contribution is -2.54. The lowest BCUT2D eigenvalue weighted by molar-refractivity contribution is -0.136. The van der Waals surface area contributed by atoms with Crippen LogP contribution in [0.25, 0.3) is 11.4 Å². The highest BCUT2D eigenvalue weighted by Crippen LogP contribution is 2.37. The van der Waals surface area contributed by atoms with E-state index in [2.05, 4.69) is 52.2 Å². The minimum Gasteiger partial charge on any atom is -0.494 e. The molecule has 2 aromatic carbocycles. The number of para-hydroxylation sites is 1. The highest BCUT2D eigenvalue weighted by atomic mass is 16.5. The van der Waals surface area contributed by atoms with E-state index in [1.165, 1.54) is 20.2 Å². The fourth-order valence-electron chi connectivity index (χ4n) is 6.23. The Labute approximate surface area is 315 Å².